The standard InChI is InChI=1S/C19H19FN4O/c1-13-7-9-14(10-8-13)22-19(25)23-17(18-21-11-12-24(18)2)15-5-3-4-6-16(15)20/h3-12,17H,1-2H3,(H2,22,23,25)/t17-/m1/s1. The Hall–Kier alpha value is -3.15. The van der Waals surface area contributed by atoms with E-state index >= 15 is 0 Å². The molecule has 128 valence electrons. The van der Waals surface area contributed by atoms with Gasteiger partial charge in [-0.25, -0.2) is 14.2 Å². The van der Waals surface area contributed by atoms with Gasteiger partial charge in [-0.2, -0.15) is 0 Å². The van der Waals surface area contributed by atoms with Crippen molar-refractivity contribution in [3.05, 3.63) is 83.7 Å². The summed E-state index contributed by atoms with van der Waals surface area (Å²) in [6.45, 7) is 1.97. The quantitative estimate of drug-likeness (QED) is 0.760. The number of imidazole rings is 1. The lowest BCUT2D eigenvalue weighted by Gasteiger charge is -2.20. The first-order valence-corrected chi connectivity index (χ1v) is 7.90. The topological polar surface area (TPSA) is 59.0 Å². The van der Waals surface area contributed by atoms with E-state index in [1.165, 1.54) is 6.07 Å². The highest BCUT2D eigenvalue weighted by atomic mass is 19.1. The molecule has 5 nitrogen and oxygen atoms in total. The van der Waals surface area contributed by atoms with Crippen LogP contribution < -0.4 is 10.6 Å². The number of hydrogen-bond acceptors (Lipinski definition) is 2. The van der Waals surface area contributed by atoms with Crippen LogP contribution in [0, 0.1) is 12.7 Å². The second-order valence-corrected chi connectivity index (χ2v) is 5.82. The Bertz CT molecular complexity index is 873. The van der Waals surface area contributed by atoms with Crippen LogP contribution in [-0.2, 0) is 7.05 Å². The Morgan fingerprint density at radius 1 is 1.16 bits per heavy atom. The van der Waals surface area contributed by atoms with Gasteiger partial charge in [0.2, 0.25) is 0 Å². The van der Waals surface area contributed by atoms with Gasteiger partial charge in [0.15, 0.2) is 0 Å². The van der Waals surface area contributed by atoms with Crippen LogP contribution in [0.1, 0.15) is 23.0 Å². The Balaban J connectivity index is 1.85. The molecule has 25 heavy (non-hydrogen) atoms. The molecule has 0 saturated carbocycles. The lowest BCUT2D eigenvalue weighted by atomic mass is 10.1. The Morgan fingerprint density at radius 3 is 2.52 bits per heavy atom. The zero-order valence-electron chi connectivity index (χ0n) is 14.0. The van der Waals surface area contributed by atoms with Gasteiger partial charge in [-0.15, -0.1) is 0 Å². The molecule has 2 aromatic carbocycles. The number of aromatic nitrogens is 2. The molecule has 3 aromatic rings. The maximum atomic E-state index is 14.3. The number of rotatable bonds is 4. The zero-order valence-corrected chi connectivity index (χ0v) is 14.0. The first-order valence-electron chi connectivity index (χ1n) is 7.90. The predicted molar refractivity (Wildman–Crippen MR) is 94.8 cm³/mol. The number of aryl methyl sites for hydroxylation is 2. The minimum Gasteiger partial charge on any atom is -0.336 e. The van der Waals surface area contributed by atoms with Crippen molar-refractivity contribution in [2.45, 2.75) is 13.0 Å². The number of benzene rings is 2. The first kappa shape index (κ1) is 16.7. The second-order valence-electron chi connectivity index (χ2n) is 5.82. The number of amides is 2. The van der Waals surface area contributed by atoms with Crippen molar-refractivity contribution in [3.8, 4) is 0 Å². The zero-order chi connectivity index (χ0) is 17.8. The fourth-order valence-corrected chi connectivity index (χ4v) is 2.58. The van der Waals surface area contributed by atoms with Crippen LogP contribution in [0.5, 0.6) is 0 Å². The van der Waals surface area contributed by atoms with Gasteiger partial charge in [-0.3, -0.25) is 0 Å². The molecule has 2 N–H and O–H groups in total. The molecular weight excluding hydrogens is 319 g/mol. The summed E-state index contributed by atoms with van der Waals surface area (Å²) in [5, 5.41) is 5.57. The summed E-state index contributed by atoms with van der Waals surface area (Å²) in [5.41, 5.74) is 2.12. The van der Waals surface area contributed by atoms with E-state index in [4.69, 9.17) is 0 Å². The van der Waals surface area contributed by atoms with Crippen molar-refractivity contribution in [2.24, 2.45) is 7.05 Å². The summed E-state index contributed by atoms with van der Waals surface area (Å²) in [7, 11) is 1.80. The van der Waals surface area contributed by atoms with Crippen LogP contribution in [-0.4, -0.2) is 15.6 Å². The largest absolute Gasteiger partial charge is 0.336 e. The number of nitrogens with one attached hydrogen (secondary N) is 2. The fraction of sp³-hybridized carbons (Fsp3) is 0.158. The lowest BCUT2D eigenvalue weighted by molar-refractivity contribution is 0.249. The van der Waals surface area contributed by atoms with Crippen molar-refractivity contribution in [2.75, 3.05) is 5.32 Å². The van der Waals surface area contributed by atoms with E-state index in [1.807, 2.05) is 31.2 Å². The minimum atomic E-state index is -0.702. The van der Waals surface area contributed by atoms with E-state index in [9.17, 15) is 9.18 Å². The molecule has 0 aliphatic rings. The van der Waals surface area contributed by atoms with Crippen molar-refractivity contribution in [3.63, 3.8) is 0 Å². The van der Waals surface area contributed by atoms with Gasteiger partial charge < -0.3 is 15.2 Å². The molecule has 0 aliphatic heterocycles. The number of carbonyl (C=O) groups excluding carboxylic acids is 1. The van der Waals surface area contributed by atoms with Gasteiger partial charge in [-0.05, 0) is 25.1 Å². The third-order valence-electron chi connectivity index (χ3n) is 3.92. The van der Waals surface area contributed by atoms with E-state index in [0.717, 1.165) is 5.56 Å². The third-order valence-corrected chi connectivity index (χ3v) is 3.92. The molecule has 1 atom stereocenters. The van der Waals surface area contributed by atoms with Crippen LogP contribution in [0.15, 0.2) is 60.9 Å². The van der Waals surface area contributed by atoms with Gasteiger partial charge >= 0.3 is 6.03 Å². The SMILES string of the molecule is Cc1ccc(NC(=O)N[C@H](c2ccccc2F)c2nccn2C)cc1. The first-order chi connectivity index (χ1) is 12.0. The average molecular weight is 338 g/mol. The maximum Gasteiger partial charge on any atom is 0.320 e. The van der Waals surface area contributed by atoms with Gasteiger partial charge in [0, 0.05) is 30.7 Å². The van der Waals surface area contributed by atoms with Crippen molar-refractivity contribution in [1.29, 1.82) is 0 Å². The molecule has 3 rings (SSSR count). The van der Waals surface area contributed by atoms with E-state index in [0.29, 0.717) is 17.1 Å². The molecule has 0 saturated heterocycles. The molecule has 0 unspecified atom stereocenters. The van der Waals surface area contributed by atoms with Crippen LogP contribution in [0.25, 0.3) is 0 Å². The molecular formula is C19H19FN4O. The lowest BCUT2D eigenvalue weighted by Crippen LogP contribution is -2.35. The van der Waals surface area contributed by atoms with Gasteiger partial charge in [0.05, 0.1) is 0 Å². The van der Waals surface area contributed by atoms with Crippen LogP contribution in [0.3, 0.4) is 0 Å². The van der Waals surface area contributed by atoms with Gasteiger partial charge in [0.25, 0.3) is 0 Å². The Morgan fingerprint density at radius 2 is 1.88 bits per heavy atom. The Kier molecular flexibility index (Phi) is 4.79. The molecule has 0 bridgehead atoms. The highest BCUT2D eigenvalue weighted by Gasteiger charge is 2.23. The number of halogens is 1. The average Bonchev–Trinajstić information content (AvgIpc) is 3.01. The summed E-state index contributed by atoms with van der Waals surface area (Å²) < 4.78 is 16.0. The van der Waals surface area contributed by atoms with Gasteiger partial charge in [0.1, 0.15) is 17.7 Å². The normalized spacial score (nSPS) is 11.8. The fourth-order valence-electron chi connectivity index (χ4n) is 2.58. The highest BCUT2D eigenvalue weighted by molar-refractivity contribution is 5.89. The van der Waals surface area contributed by atoms with E-state index in [-0.39, 0.29) is 0 Å². The Labute approximate surface area is 145 Å². The molecule has 0 radical (unpaired) electrons. The van der Waals surface area contributed by atoms with Gasteiger partial charge in [-0.1, -0.05) is 35.9 Å². The number of hydrogen-bond donors (Lipinski definition) is 2. The van der Waals surface area contributed by atoms with Crippen molar-refractivity contribution in [1.82, 2.24) is 14.9 Å². The summed E-state index contributed by atoms with van der Waals surface area (Å²) in [6.07, 6.45) is 3.37. The third kappa shape index (κ3) is 3.85. The molecule has 0 spiro atoms. The van der Waals surface area contributed by atoms with E-state index in [2.05, 4.69) is 15.6 Å². The predicted octanol–water partition coefficient (Wildman–Crippen LogP) is 3.78. The summed E-state index contributed by atoms with van der Waals surface area (Å²) in [5.74, 6) is 0.148. The van der Waals surface area contributed by atoms with Crippen molar-refractivity contribution >= 4 is 11.7 Å². The molecule has 0 aliphatic carbocycles. The van der Waals surface area contributed by atoms with E-state index in [1.54, 1.807) is 42.2 Å². The molecule has 6 heteroatoms. The van der Waals surface area contributed by atoms with Crippen molar-refractivity contribution < 1.29 is 9.18 Å². The minimum absolute atomic E-state index is 0.357. The highest BCUT2D eigenvalue weighted by Crippen LogP contribution is 2.23. The number of carbonyl (C=O) groups is 1. The second kappa shape index (κ2) is 7.17. The van der Waals surface area contributed by atoms with Crippen LogP contribution in [0.4, 0.5) is 14.9 Å². The van der Waals surface area contributed by atoms with Crippen LogP contribution in [0.2, 0.25) is 0 Å². The smallest absolute Gasteiger partial charge is 0.320 e. The molecule has 0 fully saturated rings. The number of urea groups is 1. The summed E-state index contributed by atoms with van der Waals surface area (Å²) >= 11 is 0. The number of nitrogens with zero attached hydrogens (tertiary/aromatic N) is 2. The maximum absolute atomic E-state index is 14.3. The van der Waals surface area contributed by atoms with Crippen LogP contribution >= 0.6 is 0 Å². The molecule has 1 heterocycles. The molecule has 1 aromatic heterocycles. The summed E-state index contributed by atoms with van der Waals surface area (Å²) in [6, 6.07) is 12.7. The number of anilines is 1. The van der Waals surface area contributed by atoms with E-state index < -0.39 is 17.9 Å². The molecule has 2 amide bonds. The monoisotopic (exact) mass is 338 g/mol. The summed E-state index contributed by atoms with van der Waals surface area (Å²) in [4.78, 5) is 16.7.